The molecule has 0 bridgehead atoms. The topological polar surface area (TPSA) is 91.9 Å². The molecule has 2 atom stereocenters. The number of carbonyl (C=O) groups is 1. The molecule has 3 aromatic rings. The van der Waals surface area contributed by atoms with Gasteiger partial charge in [0.2, 0.25) is 10.0 Å². The number of hydrogen-bond donors (Lipinski definition) is 2. The third-order valence-electron chi connectivity index (χ3n) is 5.84. The molecule has 1 aromatic carbocycles. The van der Waals surface area contributed by atoms with Crippen LogP contribution in [0.15, 0.2) is 42.7 Å². The van der Waals surface area contributed by atoms with E-state index in [2.05, 4.69) is 14.7 Å². The summed E-state index contributed by atoms with van der Waals surface area (Å²) < 4.78 is 27.1. The number of H-pyrrole nitrogens is 1. The van der Waals surface area contributed by atoms with Gasteiger partial charge in [-0.05, 0) is 49.4 Å². The molecule has 31 heavy (non-hydrogen) atoms. The maximum absolute atomic E-state index is 13.4. The summed E-state index contributed by atoms with van der Waals surface area (Å²) in [6.45, 7) is 1.84. The van der Waals surface area contributed by atoms with Crippen molar-refractivity contribution < 1.29 is 13.2 Å². The number of hydrogen-bond acceptors (Lipinski definition) is 4. The molecule has 2 aromatic heterocycles. The second kappa shape index (κ2) is 9.10. The molecule has 1 aliphatic carbocycles. The highest BCUT2D eigenvalue weighted by Gasteiger charge is 2.31. The summed E-state index contributed by atoms with van der Waals surface area (Å²) in [6.07, 6.45) is 6.95. The largest absolute Gasteiger partial charge is 0.345 e. The highest BCUT2D eigenvalue weighted by molar-refractivity contribution is 7.89. The van der Waals surface area contributed by atoms with Crippen LogP contribution >= 0.6 is 11.6 Å². The first-order chi connectivity index (χ1) is 14.9. The molecule has 0 unspecified atom stereocenters. The van der Waals surface area contributed by atoms with Crippen LogP contribution < -0.4 is 4.72 Å². The number of pyridine rings is 1. The predicted octanol–water partition coefficient (Wildman–Crippen LogP) is 4.95. The summed E-state index contributed by atoms with van der Waals surface area (Å²) in [6, 6.07) is 9.28. The fraction of sp³-hybridized carbons (Fsp3) is 0.391. The molecule has 0 radical (unpaired) electrons. The number of nitrogens with zero attached hydrogens (tertiary/aromatic N) is 1. The number of ketones is 1. The average Bonchev–Trinajstić information content (AvgIpc) is 3.16. The molecule has 0 aliphatic heterocycles. The molecule has 0 saturated heterocycles. The number of nitrogens with one attached hydrogen (secondary N) is 2. The number of aromatic nitrogens is 2. The number of halogens is 1. The molecule has 0 amide bonds. The summed E-state index contributed by atoms with van der Waals surface area (Å²) >= 11 is 5.99. The van der Waals surface area contributed by atoms with Crippen LogP contribution in [0.1, 0.15) is 49.4 Å². The van der Waals surface area contributed by atoms with Crippen LogP contribution in [0.5, 0.6) is 0 Å². The quantitative estimate of drug-likeness (QED) is 0.489. The number of rotatable bonds is 7. The predicted molar refractivity (Wildman–Crippen MR) is 124 cm³/mol. The lowest BCUT2D eigenvalue weighted by Gasteiger charge is -2.28. The maximum atomic E-state index is 13.4. The summed E-state index contributed by atoms with van der Waals surface area (Å²) in [5.41, 5.74) is 3.16. The van der Waals surface area contributed by atoms with Gasteiger partial charge in [0.15, 0.2) is 5.78 Å². The normalized spacial score (nSPS) is 19.5. The first-order valence-corrected chi connectivity index (χ1v) is 12.7. The van der Waals surface area contributed by atoms with Crippen LogP contribution in [0.25, 0.3) is 22.2 Å². The second-order valence-corrected chi connectivity index (χ2v) is 10.5. The molecule has 8 heteroatoms. The van der Waals surface area contributed by atoms with Crippen molar-refractivity contribution in [1.29, 1.82) is 0 Å². The first-order valence-electron chi connectivity index (χ1n) is 10.6. The Morgan fingerprint density at radius 2 is 2.00 bits per heavy atom. The van der Waals surface area contributed by atoms with E-state index in [0.717, 1.165) is 35.8 Å². The lowest BCUT2D eigenvalue weighted by molar-refractivity contribution is 0.0880. The van der Waals surface area contributed by atoms with Gasteiger partial charge in [0.05, 0.1) is 5.75 Å². The van der Waals surface area contributed by atoms with E-state index in [0.29, 0.717) is 29.1 Å². The van der Waals surface area contributed by atoms with Crippen LogP contribution in [-0.4, -0.2) is 36.0 Å². The Morgan fingerprint density at radius 1 is 1.23 bits per heavy atom. The zero-order valence-corrected chi connectivity index (χ0v) is 19.0. The van der Waals surface area contributed by atoms with Crippen molar-refractivity contribution in [3.63, 3.8) is 0 Å². The van der Waals surface area contributed by atoms with Crippen molar-refractivity contribution in [3.8, 4) is 11.1 Å². The Balaban J connectivity index is 1.57. The van der Waals surface area contributed by atoms with Crippen molar-refractivity contribution in [1.82, 2.24) is 14.7 Å². The Hall–Kier alpha value is -2.22. The molecule has 1 aliphatic rings. The van der Waals surface area contributed by atoms with E-state index < -0.39 is 10.0 Å². The van der Waals surface area contributed by atoms with Crippen LogP contribution in [0.3, 0.4) is 0 Å². The van der Waals surface area contributed by atoms with E-state index in [1.165, 1.54) is 0 Å². The third-order valence-corrected chi connectivity index (χ3v) is 7.73. The Bertz CT molecular complexity index is 1190. The summed E-state index contributed by atoms with van der Waals surface area (Å²) in [4.78, 5) is 20.9. The number of Topliss-reactive ketones (excluding diaryl/α,β-unsaturated/α-hetero) is 1. The second-order valence-electron chi connectivity index (χ2n) is 8.19. The monoisotopic (exact) mass is 459 g/mol. The molecule has 1 fully saturated rings. The molecule has 1 saturated carbocycles. The van der Waals surface area contributed by atoms with Crippen LogP contribution in [0, 0.1) is 5.92 Å². The van der Waals surface area contributed by atoms with Gasteiger partial charge in [-0.25, -0.2) is 18.1 Å². The van der Waals surface area contributed by atoms with Crippen molar-refractivity contribution in [2.24, 2.45) is 5.92 Å². The van der Waals surface area contributed by atoms with Gasteiger partial charge in [-0.1, -0.05) is 37.1 Å². The fourth-order valence-electron chi connectivity index (χ4n) is 4.34. The smallest absolute Gasteiger partial charge is 0.211 e. The number of carbonyl (C=O) groups excluding carboxylic acids is 1. The van der Waals surface area contributed by atoms with Gasteiger partial charge >= 0.3 is 0 Å². The van der Waals surface area contributed by atoms with Gasteiger partial charge in [-0.2, -0.15) is 0 Å². The van der Waals surface area contributed by atoms with E-state index in [1.54, 1.807) is 12.4 Å². The molecule has 4 rings (SSSR count). The molecular formula is C23H26ClN3O3S. The van der Waals surface area contributed by atoms with Gasteiger partial charge < -0.3 is 4.98 Å². The van der Waals surface area contributed by atoms with Crippen molar-refractivity contribution in [2.45, 2.75) is 45.1 Å². The number of sulfonamides is 1. The molecule has 6 nitrogen and oxygen atoms in total. The summed E-state index contributed by atoms with van der Waals surface area (Å²) in [5.74, 6) is -0.0501. The SMILES string of the molecule is CCCS(=O)(=O)N[C@@H]1CCC[C@H](C(=O)c2c[nH]c3ncc(-c4ccc(Cl)cc4)cc23)C1. The van der Waals surface area contributed by atoms with Gasteiger partial charge in [-0.3, -0.25) is 4.79 Å². The minimum absolute atomic E-state index is 0.0423. The number of fused-ring (bicyclic) bond motifs is 1. The molecule has 0 spiro atoms. The van der Waals surface area contributed by atoms with Gasteiger partial charge in [0.1, 0.15) is 5.65 Å². The Morgan fingerprint density at radius 3 is 2.74 bits per heavy atom. The summed E-state index contributed by atoms with van der Waals surface area (Å²) in [5, 5.41) is 1.45. The minimum atomic E-state index is -3.30. The number of benzene rings is 1. The lowest BCUT2D eigenvalue weighted by atomic mass is 9.81. The summed E-state index contributed by atoms with van der Waals surface area (Å²) in [7, 11) is -3.30. The van der Waals surface area contributed by atoms with Crippen molar-refractivity contribution >= 4 is 38.4 Å². The van der Waals surface area contributed by atoms with Crippen LogP contribution in [-0.2, 0) is 10.0 Å². The lowest BCUT2D eigenvalue weighted by Crippen LogP contribution is -2.40. The van der Waals surface area contributed by atoms with E-state index >= 15 is 0 Å². The van der Waals surface area contributed by atoms with Gasteiger partial charge in [-0.15, -0.1) is 0 Å². The van der Waals surface area contributed by atoms with Crippen LogP contribution in [0.2, 0.25) is 5.02 Å². The minimum Gasteiger partial charge on any atom is -0.345 e. The van der Waals surface area contributed by atoms with E-state index in [9.17, 15) is 13.2 Å². The van der Waals surface area contributed by atoms with E-state index in [4.69, 9.17) is 11.6 Å². The molecule has 164 valence electrons. The first kappa shape index (κ1) is 22.0. The third kappa shape index (κ3) is 5.00. The van der Waals surface area contributed by atoms with E-state index in [1.807, 2.05) is 37.3 Å². The van der Waals surface area contributed by atoms with Crippen LogP contribution in [0.4, 0.5) is 0 Å². The van der Waals surface area contributed by atoms with Gasteiger partial charge in [0.25, 0.3) is 0 Å². The van der Waals surface area contributed by atoms with Crippen molar-refractivity contribution in [2.75, 3.05) is 5.75 Å². The maximum Gasteiger partial charge on any atom is 0.211 e. The molecule has 2 N–H and O–H groups in total. The standard InChI is InChI=1S/C23H26ClN3O3S/c1-2-10-31(29,30)27-19-5-3-4-16(11-19)22(28)21-14-26-23-20(21)12-17(13-25-23)15-6-8-18(24)9-7-15/h6-9,12-14,16,19,27H,2-5,10-11H2,1H3,(H,25,26)/t16-,19+/m0/s1. The highest BCUT2D eigenvalue weighted by atomic mass is 35.5. The van der Waals surface area contributed by atoms with Gasteiger partial charge in [0, 0.05) is 45.9 Å². The highest BCUT2D eigenvalue weighted by Crippen LogP contribution is 2.32. The average molecular weight is 460 g/mol. The number of aromatic amines is 1. The fourth-order valence-corrected chi connectivity index (χ4v) is 5.85. The molecular weight excluding hydrogens is 434 g/mol. The Labute approximate surface area is 187 Å². The zero-order chi connectivity index (χ0) is 22.0. The molecule has 2 heterocycles. The van der Waals surface area contributed by atoms with Crippen molar-refractivity contribution in [3.05, 3.63) is 53.3 Å². The zero-order valence-electron chi connectivity index (χ0n) is 17.4. The van der Waals surface area contributed by atoms with E-state index in [-0.39, 0.29) is 23.5 Å². The Kier molecular flexibility index (Phi) is 6.46.